The summed E-state index contributed by atoms with van der Waals surface area (Å²) in [7, 11) is 0. The van der Waals surface area contributed by atoms with Gasteiger partial charge in [0.1, 0.15) is 0 Å². The Kier molecular flexibility index (Phi) is 4.22. The molecule has 0 aromatic rings. The Bertz CT molecular complexity index is 324. The van der Waals surface area contributed by atoms with Crippen LogP contribution < -0.4 is 5.32 Å². The molecular formula is C13H22N2O3. The van der Waals surface area contributed by atoms with E-state index in [2.05, 4.69) is 5.32 Å². The number of likely N-dealkylation sites (tertiary alicyclic amines) is 1. The van der Waals surface area contributed by atoms with Gasteiger partial charge in [0.05, 0.1) is 13.2 Å². The van der Waals surface area contributed by atoms with Crippen LogP contribution in [0, 0.1) is 5.41 Å². The minimum absolute atomic E-state index is 0.0721. The molecule has 1 saturated carbocycles. The second kappa shape index (κ2) is 5.69. The van der Waals surface area contributed by atoms with Crippen LogP contribution >= 0.6 is 0 Å². The van der Waals surface area contributed by atoms with E-state index in [1.54, 1.807) is 4.90 Å². The highest BCUT2D eigenvalue weighted by Crippen LogP contribution is 2.36. The standard InChI is InChI=1S/C13H22N2O3/c16-10-13(5-1-2-6-13)9-14-11(17)8-15-7-3-4-12(15)18/h16H,1-10H2,(H,14,17). The van der Waals surface area contributed by atoms with Gasteiger partial charge in [-0.25, -0.2) is 0 Å². The minimum Gasteiger partial charge on any atom is -0.396 e. The summed E-state index contributed by atoms with van der Waals surface area (Å²) < 4.78 is 0. The number of aliphatic hydroxyl groups excluding tert-OH is 1. The molecule has 1 heterocycles. The fraction of sp³-hybridized carbons (Fsp3) is 0.846. The van der Waals surface area contributed by atoms with Gasteiger partial charge in [-0.15, -0.1) is 0 Å². The quantitative estimate of drug-likeness (QED) is 0.740. The van der Waals surface area contributed by atoms with E-state index in [9.17, 15) is 14.7 Å². The first kappa shape index (κ1) is 13.3. The van der Waals surface area contributed by atoms with Crippen LogP contribution in [0.2, 0.25) is 0 Å². The molecule has 1 aliphatic carbocycles. The van der Waals surface area contributed by atoms with Crippen LogP contribution in [0.3, 0.4) is 0 Å². The number of carbonyl (C=O) groups excluding carboxylic acids is 2. The Hall–Kier alpha value is -1.10. The Morgan fingerprint density at radius 1 is 1.33 bits per heavy atom. The van der Waals surface area contributed by atoms with Crippen molar-refractivity contribution in [3.8, 4) is 0 Å². The number of hydrogen-bond acceptors (Lipinski definition) is 3. The summed E-state index contributed by atoms with van der Waals surface area (Å²) in [6.07, 6.45) is 5.63. The maximum Gasteiger partial charge on any atom is 0.239 e. The molecule has 0 aromatic carbocycles. The zero-order chi connectivity index (χ0) is 13.0. The number of nitrogens with one attached hydrogen (secondary N) is 1. The lowest BCUT2D eigenvalue weighted by atomic mass is 9.87. The summed E-state index contributed by atoms with van der Waals surface area (Å²) in [5, 5.41) is 12.3. The third-order valence-corrected chi connectivity index (χ3v) is 4.17. The van der Waals surface area contributed by atoms with Crippen LogP contribution in [0.25, 0.3) is 0 Å². The number of nitrogens with zero attached hydrogens (tertiary/aromatic N) is 1. The van der Waals surface area contributed by atoms with Crippen molar-refractivity contribution in [2.24, 2.45) is 5.41 Å². The Morgan fingerprint density at radius 2 is 2.06 bits per heavy atom. The van der Waals surface area contributed by atoms with Gasteiger partial charge in [-0.1, -0.05) is 12.8 Å². The lowest BCUT2D eigenvalue weighted by Gasteiger charge is -2.27. The monoisotopic (exact) mass is 254 g/mol. The number of rotatable bonds is 5. The average Bonchev–Trinajstić information content (AvgIpc) is 2.98. The number of carbonyl (C=O) groups is 2. The summed E-state index contributed by atoms with van der Waals surface area (Å²) in [4.78, 5) is 24.8. The van der Waals surface area contributed by atoms with Crippen molar-refractivity contribution in [1.82, 2.24) is 10.2 Å². The molecule has 2 fully saturated rings. The van der Waals surface area contributed by atoms with E-state index in [1.807, 2.05) is 0 Å². The second-order valence-electron chi connectivity index (χ2n) is 5.56. The van der Waals surface area contributed by atoms with Gasteiger partial charge in [0.15, 0.2) is 0 Å². The molecule has 0 radical (unpaired) electrons. The molecule has 5 heteroatoms. The molecule has 0 aromatic heterocycles. The Balaban J connectivity index is 1.75. The molecular weight excluding hydrogens is 232 g/mol. The predicted molar refractivity (Wildman–Crippen MR) is 66.8 cm³/mol. The van der Waals surface area contributed by atoms with Crippen molar-refractivity contribution in [3.05, 3.63) is 0 Å². The molecule has 2 rings (SSSR count). The number of hydrogen-bond donors (Lipinski definition) is 2. The normalized spacial score (nSPS) is 22.5. The lowest BCUT2D eigenvalue weighted by Crippen LogP contribution is -2.43. The zero-order valence-corrected chi connectivity index (χ0v) is 10.8. The van der Waals surface area contributed by atoms with Crippen molar-refractivity contribution in [2.75, 3.05) is 26.2 Å². The van der Waals surface area contributed by atoms with Crippen molar-refractivity contribution < 1.29 is 14.7 Å². The second-order valence-corrected chi connectivity index (χ2v) is 5.56. The van der Waals surface area contributed by atoms with E-state index in [0.29, 0.717) is 19.5 Å². The van der Waals surface area contributed by atoms with Crippen LogP contribution in [-0.2, 0) is 9.59 Å². The lowest BCUT2D eigenvalue weighted by molar-refractivity contribution is -0.133. The molecule has 0 unspecified atom stereocenters. The van der Waals surface area contributed by atoms with E-state index in [-0.39, 0.29) is 30.4 Å². The molecule has 1 aliphatic heterocycles. The SMILES string of the molecule is O=C(CN1CCCC1=O)NCC1(CO)CCCC1. The van der Waals surface area contributed by atoms with Crippen LogP contribution in [0.15, 0.2) is 0 Å². The topological polar surface area (TPSA) is 69.6 Å². The molecule has 2 aliphatic rings. The van der Waals surface area contributed by atoms with E-state index in [0.717, 1.165) is 32.1 Å². The highest BCUT2D eigenvalue weighted by molar-refractivity contribution is 5.85. The van der Waals surface area contributed by atoms with E-state index in [4.69, 9.17) is 0 Å². The van der Waals surface area contributed by atoms with Crippen molar-refractivity contribution in [3.63, 3.8) is 0 Å². The summed E-state index contributed by atoms with van der Waals surface area (Å²) >= 11 is 0. The van der Waals surface area contributed by atoms with Crippen LogP contribution in [-0.4, -0.2) is 48.1 Å². The molecule has 102 valence electrons. The zero-order valence-electron chi connectivity index (χ0n) is 10.8. The largest absolute Gasteiger partial charge is 0.396 e. The van der Waals surface area contributed by atoms with E-state index < -0.39 is 0 Å². The summed E-state index contributed by atoms with van der Waals surface area (Å²) in [5.74, 6) is -0.0344. The first-order chi connectivity index (χ1) is 8.65. The van der Waals surface area contributed by atoms with Gasteiger partial charge in [0, 0.05) is 24.9 Å². The minimum atomic E-state index is -0.120. The average molecular weight is 254 g/mol. The van der Waals surface area contributed by atoms with Gasteiger partial charge in [0.25, 0.3) is 0 Å². The van der Waals surface area contributed by atoms with Crippen molar-refractivity contribution >= 4 is 11.8 Å². The molecule has 0 atom stereocenters. The fourth-order valence-electron chi connectivity index (χ4n) is 2.90. The maximum atomic E-state index is 11.8. The van der Waals surface area contributed by atoms with Gasteiger partial charge in [-0.3, -0.25) is 9.59 Å². The third-order valence-electron chi connectivity index (χ3n) is 4.17. The molecule has 5 nitrogen and oxygen atoms in total. The van der Waals surface area contributed by atoms with Gasteiger partial charge in [-0.05, 0) is 19.3 Å². The van der Waals surface area contributed by atoms with Crippen LogP contribution in [0.4, 0.5) is 0 Å². The fourth-order valence-corrected chi connectivity index (χ4v) is 2.90. The highest BCUT2D eigenvalue weighted by Gasteiger charge is 2.33. The highest BCUT2D eigenvalue weighted by atomic mass is 16.3. The molecule has 1 saturated heterocycles. The molecule has 2 N–H and O–H groups in total. The molecule has 2 amide bonds. The predicted octanol–water partition coefficient (Wildman–Crippen LogP) is 0.278. The number of amides is 2. The van der Waals surface area contributed by atoms with Crippen LogP contribution in [0.5, 0.6) is 0 Å². The molecule has 0 bridgehead atoms. The Morgan fingerprint density at radius 3 is 2.61 bits per heavy atom. The summed E-state index contributed by atoms with van der Waals surface area (Å²) in [5.41, 5.74) is -0.120. The van der Waals surface area contributed by atoms with Gasteiger partial charge >= 0.3 is 0 Å². The van der Waals surface area contributed by atoms with Gasteiger partial charge in [0.2, 0.25) is 11.8 Å². The van der Waals surface area contributed by atoms with Gasteiger partial charge < -0.3 is 15.3 Å². The van der Waals surface area contributed by atoms with Crippen molar-refractivity contribution in [1.29, 1.82) is 0 Å². The Labute approximate surface area is 108 Å². The molecule has 0 spiro atoms. The van der Waals surface area contributed by atoms with E-state index >= 15 is 0 Å². The smallest absolute Gasteiger partial charge is 0.239 e. The van der Waals surface area contributed by atoms with Crippen molar-refractivity contribution in [2.45, 2.75) is 38.5 Å². The van der Waals surface area contributed by atoms with E-state index in [1.165, 1.54) is 0 Å². The first-order valence-electron chi connectivity index (χ1n) is 6.81. The molecule has 18 heavy (non-hydrogen) atoms. The summed E-state index contributed by atoms with van der Waals surface area (Å²) in [6.45, 7) is 1.53. The van der Waals surface area contributed by atoms with Crippen LogP contribution in [0.1, 0.15) is 38.5 Å². The summed E-state index contributed by atoms with van der Waals surface area (Å²) in [6, 6.07) is 0. The first-order valence-corrected chi connectivity index (χ1v) is 6.81. The maximum absolute atomic E-state index is 11.8. The van der Waals surface area contributed by atoms with Gasteiger partial charge in [-0.2, -0.15) is 0 Å². The third kappa shape index (κ3) is 3.02. The number of aliphatic hydroxyl groups is 1.